The van der Waals surface area contributed by atoms with Gasteiger partial charge in [-0.25, -0.2) is 0 Å². The molecule has 5 heteroatoms. The number of nitrogens with zero attached hydrogens (tertiary/aromatic N) is 2. The maximum atomic E-state index is 10.7. The summed E-state index contributed by atoms with van der Waals surface area (Å²) in [6.07, 6.45) is 3.03. The fourth-order valence-corrected chi connectivity index (χ4v) is 1.76. The number of benzene rings is 1. The lowest BCUT2D eigenvalue weighted by Crippen LogP contribution is -2.23. The number of carbonyl (C=O) groups excluding carboxylic acids is 1. The van der Waals surface area contributed by atoms with Gasteiger partial charge in [0.25, 0.3) is 0 Å². The molecule has 0 unspecified atom stereocenters. The Labute approximate surface area is 114 Å². The molecule has 0 saturated carbocycles. The Kier molecular flexibility index (Phi) is 3.69. The van der Waals surface area contributed by atoms with E-state index in [1.807, 2.05) is 0 Å². The average molecular weight is 272 g/mol. The Morgan fingerprint density at radius 1 is 1.32 bits per heavy atom. The molecule has 0 saturated heterocycles. The van der Waals surface area contributed by atoms with Gasteiger partial charge in [0, 0.05) is 22.6 Å². The van der Waals surface area contributed by atoms with Gasteiger partial charge in [-0.2, -0.15) is 5.26 Å². The minimum Gasteiger partial charge on any atom is -0.544 e. The number of rotatable bonds is 3. The largest absolute Gasteiger partial charge is 0.544 e. The van der Waals surface area contributed by atoms with E-state index in [9.17, 15) is 9.90 Å². The van der Waals surface area contributed by atoms with E-state index in [0.717, 1.165) is 5.69 Å². The molecule has 0 aliphatic carbocycles. The van der Waals surface area contributed by atoms with Crippen LogP contribution in [0.1, 0.15) is 5.69 Å². The van der Waals surface area contributed by atoms with Crippen molar-refractivity contribution in [3.8, 4) is 11.8 Å². The predicted molar refractivity (Wildman–Crippen MR) is 69.4 cm³/mol. The monoisotopic (exact) mass is 271 g/mol. The van der Waals surface area contributed by atoms with Crippen molar-refractivity contribution in [1.82, 2.24) is 4.57 Å². The van der Waals surface area contributed by atoms with Crippen molar-refractivity contribution in [2.45, 2.75) is 0 Å². The number of hydrogen-bond donors (Lipinski definition) is 0. The highest BCUT2D eigenvalue weighted by Crippen LogP contribution is 2.17. The second-order valence-corrected chi connectivity index (χ2v) is 4.17. The van der Waals surface area contributed by atoms with Gasteiger partial charge >= 0.3 is 0 Å². The third-order valence-corrected chi connectivity index (χ3v) is 2.77. The molecule has 1 aromatic heterocycles. The molecule has 0 spiro atoms. The fraction of sp³-hybridized carbons (Fsp3) is 0. The van der Waals surface area contributed by atoms with Gasteiger partial charge in [0.15, 0.2) is 0 Å². The van der Waals surface area contributed by atoms with Gasteiger partial charge < -0.3 is 14.5 Å². The van der Waals surface area contributed by atoms with Crippen LogP contribution >= 0.6 is 11.6 Å². The van der Waals surface area contributed by atoms with E-state index in [-0.39, 0.29) is 0 Å². The second kappa shape index (κ2) is 5.42. The molecule has 0 amide bonds. The number of aliphatic carboxylic acids is 1. The summed E-state index contributed by atoms with van der Waals surface area (Å²) in [6.45, 7) is 0. The Morgan fingerprint density at radius 2 is 2.00 bits per heavy atom. The summed E-state index contributed by atoms with van der Waals surface area (Å²) in [5, 5.41) is 20.1. The second-order valence-electron chi connectivity index (χ2n) is 3.74. The first kappa shape index (κ1) is 12.9. The molecule has 0 atom stereocenters. The van der Waals surface area contributed by atoms with Crippen molar-refractivity contribution in [3.63, 3.8) is 0 Å². The van der Waals surface area contributed by atoms with Crippen LogP contribution in [0.3, 0.4) is 0 Å². The number of carboxylic acids is 1. The zero-order valence-corrected chi connectivity index (χ0v) is 10.5. The van der Waals surface area contributed by atoms with Gasteiger partial charge in [0.1, 0.15) is 6.07 Å². The SMILES string of the molecule is N#C/C(=C/c1cccn1-c1ccc(Cl)cc1)C(=O)[O-]. The van der Waals surface area contributed by atoms with Crippen molar-refractivity contribution in [2.24, 2.45) is 0 Å². The summed E-state index contributed by atoms with van der Waals surface area (Å²) in [5.41, 5.74) is 0.966. The Bertz CT molecular complexity index is 678. The molecular formula is C14H8ClN2O2-. The van der Waals surface area contributed by atoms with Crippen LogP contribution in [-0.2, 0) is 4.79 Å². The lowest BCUT2D eigenvalue weighted by molar-refractivity contribution is -0.298. The van der Waals surface area contributed by atoms with Gasteiger partial charge in [-0.3, -0.25) is 0 Å². The van der Waals surface area contributed by atoms with Crippen molar-refractivity contribution in [1.29, 1.82) is 5.26 Å². The number of carbonyl (C=O) groups is 1. The normalized spacial score (nSPS) is 11.1. The van der Waals surface area contributed by atoms with Crippen molar-refractivity contribution in [3.05, 3.63) is 58.9 Å². The van der Waals surface area contributed by atoms with Gasteiger partial charge in [0.05, 0.1) is 11.5 Å². The van der Waals surface area contributed by atoms with Crippen molar-refractivity contribution in [2.75, 3.05) is 0 Å². The molecule has 0 radical (unpaired) electrons. The third-order valence-electron chi connectivity index (χ3n) is 2.52. The highest BCUT2D eigenvalue weighted by Gasteiger charge is 2.03. The summed E-state index contributed by atoms with van der Waals surface area (Å²) in [7, 11) is 0. The van der Waals surface area contributed by atoms with Gasteiger partial charge in [-0.1, -0.05) is 11.6 Å². The van der Waals surface area contributed by atoms with Gasteiger partial charge in [-0.05, 0) is 42.5 Å². The first-order valence-electron chi connectivity index (χ1n) is 5.38. The molecule has 2 aromatic rings. The highest BCUT2D eigenvalue weighted by atomic mass is 35.5. The van der Waals surface area contributed by atoms with Crippen LogP contribution in [-0.4, -0.2) is 10.5 Å². The topological polar surface area (TPSA) is 68.8 Å². The molecule has 0 fully saturated rings. The first-order chi connectivity index (χ1) is 9.11. The average Bonchev–Trinajstić information content (AvgIpc) is 2.84. The number of aromatic nitrogens is 1. The Morgan fingerprint density at radius 3 is 2.58 bits per heavy atom. The van der Waals surface area contributed by atoms with Crippen molar-refractivity contribution < 1.29 is 9.90 Å². The molecular weight excluding hydrogens is 264 g/mol. The lowest BCUT2D eigenvalue weighted by atomic mass is 10.2. The van der Waals surface area contributed by atoms with Crippen LogP contribution in [0.5, 0.6) is 0 Å². The smallest absolute Gasteiger partial charge is 0.101 e. The number of halogens is 1. The minimum absolute atomic E-state index is 0.422. The zero-order chi connectivity index (χ0) is 13.8. The molecule has 1 aromatic carbocycles. The number of carboxylic acid groups (broad SMARTS) is 1. The minimum atomic E-state index is -1.49. The van der Waals surface area contributed by atoms with Crippen LogP contribution in [0.15, 0.2) is 48.2 Å². The standard InChI is InChI=1S/C14H9ClN2O2/c15-11-3-5-12(6-4-11)17-7-1-2-13(17)8-10(9-16)14(18)19/h1-8H,(H,18,19)/p-1/b10-8-. The molecule has 1 heterocycles. The van der Waals surface area contributed by atoms with E-state index in [4.69, 9.17) is 16.9 Å². The Hall–Kier alpha value is -2.51. The van der Waals surface area contributed by atoms with E-state index in [2.05, 4.69) is 0 Å². The van der Waals surface area contributed by atoms with E-state index in [1.165, 1.54) is 6.08 Å². The van der Waals surface area contributed by atoms with E-state index in [0.29, 0.717) is 10.7 Å². The predicted octanol–water partition coefficient (Wildman–Crippen LogP) is 1.79. The van der Waals surface area contributed by atoms with E-state index < -0.39 is 11.5 Å². The van der Waals surface area contributed by atoms with Crippen LogP contribution < -0.4 is 5.11 Å². The summed E-state index contributed by atoms with van der Waals surface area (Å²) in [4.78, 5) is 10.7. The fourth-order valence-electron chi connectivity index (χ4n) is 1.63. The lowest BCUT2D eigenvalue weighted by Gasteiger charge is -2.07. The van der Waals surface area contributed by atoms with Crippen LogP contribution in [0.2, 0.25) is 5.02 Å². The van der Waals surface area contributed by atoms with E-state index >= 15 is 0 Å². The molecule has 0 N–H and O–H groups in total. The highest BCUT2D eigenvalue weighted by molar-refractivity contribution is 6.30. The molecule has 0 aliphatic heterocycles. The molecule has 2 rings (SSSR count). The maximum absolute atomic E-state index is 10.7. The number of hydrogen-bond acceptors (Lipinski definition) is 3. The Balaban J connectivity index is 2.46. The van der Waals surface area contributed by atoms with Gasteiger partial charge in [-0.15, -0.1) is 0 Å². The van der Waals surface area contributed by atoms with Crippen LogP contribution in [0, 0.1) is 11.3 Å². The number of nitriles is 1. The molecule has 94 valence electrons. The zero-order valence-electron chi connectivity index (χ0n) is 9.71. The summed E-state index contributed by atoms with van der Waals surface area (Å²) in [5.74, 6) is -1.49. The summed E-state index contributed by atoms with van der Waals surface area (Å²) >= 11 is 5.81. The van der Waals surface area contributed by atoms with Gasteiger partial charge in [0.2, 0.25) is 0 Å². The molecule has 4 nitrogen and oxygen atoms in total. The maximum Gasteiger partial charge on any atom is 0.101 e. The quantitative estimate of drug-likeness (QED) is 0.631. The third kappa shape index (κ3) is 2.84. The summed E-state index contributed by atoms with van der Waals surface area (Å²) in [6, 6.07) is 12.1. The molecule has 0 aliphatic rings. The summed E-state index contributed by atoms with van der Waals surface area (Å²) < 4.78 is 1.75. The first-order valence-corrected chi connectivity index (χ1v) is 5.76. The molecule has 19 heavy (non-hydrogen) atoms. The molecule has 0 bridgehead atoms. The van der Waals surface area contributed by atoms with Crippen molar-refractivity contribution >= 4 is 23.6 Å². The van der Waals surface area contributed by atoms with Crippen LogP contribution in [0.25, 0.3) is 11.8 Å². The van der Waals surface area contributed by atoms with Crippen LogP contribution in [0.4, 0.5) is 0 Å². The van der Waals surface area contributed by atoms with E-state index in [1.54, 1.807) is 53.2 Å².